The smallest absolute Gasteiger partial charge is 0.338 e. The molecule has 0 aromatic heterocycles. The summed E-state index contributed by atoms with van der Waals surface area (Å²) in [4.78, 5) is 37.8. The summed E-state index contributed by atoms with van der Waals surface area (Å²) in [7, 11) is 2.95. The summed E-state index contributed by atoms with van der Waals surface area (Å²) >= 11 is 0. The maximum absolute atomic E-state index is 12.4. The Kier molecular flexibility index (Phi) is 7.70. The molecule has 176 valence electrons. The minimum atomic E-state index is -0.829. The molecule has 1 amide bonds. The number of amides is 1. The predicted molar refractivity (Wildman–Crippen MR) is 122 cm³/mol. The molecular weight excluding hydrogens is 430 g/mol. The highest BCUT2D eigenvalue weighted by Crippen LogP contribution is 2.32. The van der Waals surface area contributed by atoms with Gasteiger partial charge in [-0.2, -0.15) is 0 Å². The van der Waals surface area contributed by atoms with Crippen LogP contribution in [0.3, 0.4) is 0 Å². The number of nitrogens with one attached hydrogen (secondary N) is 1. The van der Waals surface area contributed by atoms with Crippen molar-refractivity contribution in [3.8, 4) is 11.5 Å². The monoisotopic (exact) mass is 457 g/mol. The van der Waals surface area contributed by atoms with Crippen molar-refractivity contribution in [1.82, 2.24) is 0 Å². The zero-order valence-electron chi connectivity index (χ0n) is 18.8. The number of nitrogens with zero attached hydrogens (tertiary/aromatic N) is 2. The Labute approximate surface area is 191 Å². The molecule has 3 rings (SSSR count). The number of nitro benzene ring substituents is 1. The number of anilines is 2. The second-order valence-electron chi connectivity index (χ2n) is 7.82. The molecule has 10 heteroatoms. The molecule has 0 unspecified atom stereocenters. The number of ether oxygens (including phenoxy) is 3. The number of esters is 1. The third-order valence-corrected chi connectivity index (χ3v) is 5.55. The zero-order chi connectivity index (χ0) is 24.0. The Morgan fingerprint density at radius 3 is 2.48 bits per heavy atom. The van der Waals surface area contributed by atoms with E-state index in [2.05, 4.69) is 12.2 Å². The van der Waals surface area contributed by atoms with Crippen molar-refractivity contribution in [2.45, 2.75) is 19.8 Å². The molecule has 0 aliphatic carbocycles. The van der Waals surface area contributed by atoms with E-state index in [9.17, 15) is 19.7 Å². The van der Waals surface area contributed by atoms with Gasteiger partial charge in [0.05, 0.1) is 30.4 Å². The first-order valence-corrected chi connectivity index (χ1v) is 10.5. The molecule has 2 aromatic carbocycles. The number of benzene rings is 2. The summed E-state index contributed by atoms with van der Waals surface area (Å²) in [6, 6.07) is 9.11. The maximum atomic E-state index is 12.4. The number of carbonyl (C=O) groups is 2. The second kappa shape index (κ2) is 10.7. The highest BCUT2D eigenvalue weighted by molar-refractivity contribution is 5.97. The van der Waals surface area contributed by atoms with Crippen molar-refractivity contribution in [1.29, 1.82) is 0 Å². The van der Waals surface area contributed by atoms with Crippen LogP contribution in [-0.2, 0) is 9.53 Å². The van der Waals surface area contributed by atoms with E-state index >= 15 is 0 Å². The topological polar surface area (TPSA) is 120 Å². The number of piperidine rings is 1. The summed E-state index contributed by atoms with van der Waals surface area (Å²) < 4.78 is 15.4. The van der Waals surface area contributed by atoms with Gasteiger partial charge in [0.25, 0.3) is 11.6 Å². The third kappa shape index (κ3) is 5.91. The lowest BCUT2D eigenvalue weighted by Crippen LogP contribution is -2.33. The van der Waals surface area contributed by atoms with Gasteiger partial charge >= 0.3 is 5.97 Å². The number of carbonyl (C=O) groups excluding carboxylic acids is 2. The quantitative estimate of drug-likeness (QED) is 0.362. The van der Waals surface area contributed by atoms with Gasteiger partial charge in [0.1, 0.15) is 17.2 Å². The molecule has 1 aliphatic heterocycles. The first-order chi connectivity index (χ1) is 15.8. The summed E-state index contributed by atoms with van der Waals surface area (Å²) in [6.45, 7) is 3.03. The zero-order valence-corrected chi connectivity index (χ0v) is 18.8. The molecule has 0 radical (unpaired) electrons. The van der Waals surface area contributed by atoms with E-state index in [-0.39, 0.29) is 11.3 Å². The van der Waals surface area contributed by atoms with Gasteiger partial charge in [0.2, 0.25) is 0 Å². The van der Waals surface area contributed by atoms with Gasteiger partial charge < -0.3 is 24.4 Å². The molecule has 10 nitrogen and oxygen atoms in total. The van der Waals surface area contributed by atoms with Crippen LogP contribution in [0.1, 0.15) is 30.1 Å². The van der Waals surface area contributed by atoms with Crippen LogP contribution in [0.15, 0.2) is 36.4 Å². The van der Waals surface area contributed by atoms with Crippen LogP contribution in [0.5, 0.6) is 11.5 Å². The van der Waals surface area contributed by atoms with Gasteiger partial charge in [-0.25, -0.2) is 4.79 Å². The molecule has 1 saturated heterocycles. The summed E-state index contributed by atoms with van der Waals surface area (Å²) in [5.41, 5.74) is 0.673. The molecule has 1 N–H and O–H groups in total. The fourth-order valence-electron chi connectivity index (χ4n) is 3.63. The molecule has 33 heavy (non-hydrogen) atoms. The Morgan fingerprint density at radius 2 is 1.85 bits per heavy atom. The van der Waals surface area contributed by atoms with Crippen molar-refractivity contribution >= 4 is 28.9 Å². The summed E-state index contributed by atoms with van der Waals surface area (Å²) in [5.74, 6) is 0.0817. The second-order valence-corrected chi connectivity index (χ2v) is 7.82. The standard InChI is InChI=1S/C23H27N3O7/c1-15-8-10-25(11-9-15)19-6-4-16(12-20(19)26(29)30)23(28)33-14-22(27)24-18-13-17(31-2)5-7-21(18)32-3/h4-7,12-13,15H,8-11,14H2,1-3H3,(H,24,27). The Hall–Kier alpha value is -3.82. The fraction of sp³-hybridized carbons (Fsp3) is 0.391. The lowest BCUT2D eigenvalue weighted by molar-refractivity contribution is -0.384. The minimum absolute atomic E-state index is 0.00240. The average Bonchev–Trinajstić information content (AvgIpc) is 2.82. The highest BCUT2D eigenvalue weighted by atomic mass is 16.6. The van der Waals surface area contributed by atoms with Crippen molar-refractivity contribution < 1.29 is 28.7 Å². The Morgan fingerprint density at radius 1 is 1.12 bits per heavy atom. The number of hydrogen-bond donors (Lipinski definition) is 1. The van der Waals surface area contributed by atoms with Gasteiger partial charge in [0.15, 0.2) is 6.61 Å². The van der Waals surface area contributed by atoms with Crippen LogP contribution >= 0.6 is 0 Å². The number of rotatable bonds is 8. The summed E-state index contributed by atoms with van der Waals surface area (Å²) in [5, 5.41) is 14.2. The molecule has 1 aliphatic rings. The average molecular weight is 457 g/mol. The van der Waals surface area contributed by atoms with Crippen molar-refractivity contribution in [3.05, 3.63) is 52.1 Å². The molecule has 2 aromatic rings. The number of methoxy groups -OCH3 is 2. The van der Waals surface area contributed by atoms with Gasteiger partial charge in [-0.05, 0) is 43.0 Å². The van der Waals surface area contributed by atoms with Gasteiger partial charge in [-0.1, -0.05) is 6.92 Å². The van der Waals surface area contributed by atoms with E-state index in [1.165, 1.54) is 26.4 Å². The molecule has 0 bridgehead atoms. The first-order valence-electron chi connectivity index (χ1n) is 10.5. The highest BCUT2D eigenvalue weighted by Gasteiger charge is 2.25. The number of nitro groups is 1. The van der Waals surface area contributed by atoms with Gasteiger partial charge in [0, 0.05) is 25.2 Å². The largest absolute Gasteiger partial charge is 0.497 e. The van der Waals surface area contributed by atoms with E-state index < -0.39 is 23.4 Å². The van der Waals surface area contributed by atoms with E-state index in [0.29, 0.717) is 28.8 Å². The van der Waals surface area contributed by atoms with Gasteiger partial charge in [-0.3, -0.25) is 14.9 Å². The van der Waals surface area contributed by atoms with Crippen LogP contribution in [0.2, 0.25) is 0 Å². The normalized spacial score (nSPS) is 13.8. The van der Waals surface area contributed by atoms with E-state index in [1.807, 2.05) is 4.90 Å². The van der Waals surface area contributed by atoms with E-state index in [4.69, 9.17) is 14.2 Å². The van der Waals surface area contributed by atoms with Crippen molar-refractivity contribution in [2.75, 3.05) is 44.1 Å². The van der Waals surface area contributed by atoms with Crippen molar-refractivity contribution in [2.24, 2.45) is 5.92 Å². The van der Waals surface area contributed by atoms with Crippen LogP contribution in [0, 0.1) is 16.0 Å². The first kappa shape index (κ1) is 23.8. The number of hydrogen-bond acceptors (Lipinski definition) is 8. The molecular formula is C23H27N3O7. The SMILES string of the molecule is COc1ccc(OC)c(NC(=O)COC(=O)c2ccc(N3CCC(C)CC3)c([N+](=O)[O-])c2)c1. The van der Waals surface area contributed by atoms with Crippen LogP contribution in [0.25, 0.3) is 0 Å². The van der Waals surface area contributed by atoms with E-state index in [1.54, 1.807) is 24.3 Å². The molecule has 0 spiro atoms. The Balaban J connectivity index is 1.66. The summed E-state index contributed by atoms with van der Waals surface area (Å²) in [6.07, 6.45) is 1.91. The van der Waals surface area contributed by atoms with Crippen molar-refractivity contribution in [3.63, 3.8) is 0 Å². The Bertz CT molecular complexity index is 1030. The minimum Gasteiger partial charge on any atom is -0.497 e. The lowest BCUT2D eigenvalue weighted by atomic mass is 9.98. The fourth-order valence-corrected chi connectivity index (χ4v) is 3.63. The van der Waals surface area contributed by atoms with Gasteiger partial charge in [-0.15, -0.1) is 0 Å². The lowest BCUT2D eigenvalue weighted by Gasteiger charge is -2.31. The maximum Gasteiger partial charge on any atom is 0.338 e. The third-order valence-electron chi connectivity index (χ3n) is 5.55. The van der Waals surface area contributed by atoms with Crippen LogP contribution < -0.4 is 19.7 Å². The molecule has 0 atom stereocenters. The molecule has 0 saturated carbocycles. The predicted octanol–water partition coefficient (Wildman–Crippen LogP) is 3.64. The molecule has 1 heterocycles. The van der Waals surface area contributed by atoms with Crippen LogP contribution in [0.4, 0.5) is 17.1 Å². The van der Waals surface area contributed by atoms with E-state index in [0.717, 1.165) is 25.9 Å². The van der Waals surface area contributed by atoms with Crippen LogP contribution in [-0.4, -0.2) is 50.7 Å². The molecule has 1 fully saturated rings.